The smallest absolute Gasteiger partial charge is 0.261 e. The van der Waals surface area contributed by atoms with Crippen LogP contribution in [0.4, 0.5) is 0 Å². The summed E-state index contributed by atoms with van der Waals surface area (Å²) in [6.45, 7) is 0.733. The summed E-state index contributed by atoms with van der Waals surface area (Å²) in [6.07, 6.45) is 13.8. The Bertz CT molecular complexity index is 788. The molecule has 5 aliphatic carbocycles. The lowest BCUT2D eigenvalue weighted by Gasteiger charge is -2.56. The highest BCUT2D eigenvalue weighted by Gasteiger charge is 2.51. The molecule has 0 aliphatic heterocycles. The van der Waals surface area contributed by atoms with Crippen LogP contribution in [0.1, 0.15) is 86.7 Å². The third kappa shape index (κ3) is 3.90. The number of H-pyrrole nitrogens is 1. The standard InChI is InChI=1S/C24H35N3O2/c1-27(20-5-3-2-4-6-20)15-19-7-8-21(22(28)25-19)23(29)26-24-12-16-9-17(13-24)11-18(10-16)14-24/h7-8,16-18,20H,2-6,9-15H2,1H3,(H,25,28)(H,26,29). The highest BCUT2D eigenvalue weighted by atomic mass is 16.2. The zero-order chi connectivity index (χ0) is 20.0. The molecule has 158 valence electrons. The van der Waals surface area contributed by atoms with E-state index in [1.54, 1.807) is 6.07 Å². The quantitative estimate of drug-likeness (QED) is 0.793. The zero-order valence-corrected chi connectivity index (χ0v) is 17.7. The van der Waals surface area contributed by atoms with Gasteiger partial charge in [0.2, 0.25) is 0 Å². The van der Waals surface area contributed by atoms with Crippen molar-refractivity contribution in [3.63, 3.8) is 0 Å². The number of rotatable bonds is 5. The predicted octanol–water partition coefficient (Wildman–Crippen LogP) is 3.84. The zero-order valence-electron chi connectivity index (χ0n) is 17.7. The number of aromatic nitrogens is 1. The number of carbonyl (C=O) groups excluding carboxylic acids is 1. The highest BCUT2D eigenvalue weighted by molar-refractivity contribution is 5.94. The van der Waals surface area contributed by atoms with E-state index >= 15 is 0 Å². The number of nitrogens with one attached hydrogen (secondary N) is 2. The number of aromatic amines is 1. The number of pyridine rings is 1. The monoisotopic (exact) mass is 397 g/mol. The van der Waals surface area contributed by atoms with E-state index in [-0.39, 0.29) is 22.6 Å². The fourth-order valence-corrected chi connectivity index (χ4v) is 7.28. The molecule has 0 saturated heterocycles. The van der Waals surface area contributed by atoms with Crippen LogP contribution in [0.3, 0.4) is 0 Å². The molecule has 0 radical (unpaired) electrons. The fourth-order valence-electron chi connectivity index (χ4n) is 7.28. The molecule has 5 saturated carbocycles. The minimum Gasteiger partial charge on any atom is -0.346 e. The molecule has 6 rings (SSSR count). The Labute approximate surface area is 173 Å². The second-order valence-electron chi connectivity index (χ2n) is 10.6. The predicted molar refractivity (Wildman–Crippen MR) is 114 cm³/mol. The third-order valence-electron chi connectivity index (χ3n) is 8.25. The molecule has 5 fully saturated rings. The van der Waals surface area contributed by atoms with Crippen LogP contribution < -0.4 is 10.9 Å². The van der Waals surface area contributed by atoms with Gasteiger partial charge in [0, 0.05) is 23.8 Å². The third-order valence-corrected chi connectivity index (χ3v) is 8.25. The van der Waals surface area contributed by atoms with Gasteiger partial charge in [-0.3, -0.25) is 14.5 Å². The van der Waals surface area contributed by atoms with Crippen molar-refractivity contribution in [3.8, 4) is 0 Å². The lowest BCUT2D eigenvalue weighted by atomic mass is 9.53. The van der Waals surface area contributed by atoms with Crippen molar-refractivity contribution in [3.05, 3.63) is 33.7 Å². The molecule has 1 heterocycles. The van der Waals surface area contributed by atoms with Gasteiger partial charge in [0.05, 0.1) is 0 Å². The minimum absolute atomic E-state index is 0.0574. The molecule has 1 amide bonds. The van der Waals surface area contributed by atoms with E-state index in [0.717, 1.165) is 49.3 Å². The van der Waals surface area contributed by atoms with Crippen molar-refractivity contribution in [2.75, 3.05) is 7.05 Å². The molecule has 0 spiro atoms. The Kier molecular flexibility index (Phi) is 5.05. The van der Waals surface area contributed by atoms with E-state index in [4.69, 9.17) is 0 Å². The highest BCUT2D eigenvalue weighted by Crippen LogP contribution is 2.55. The van der Waals surface area contributed by atoms with Crippen LogP contribution in [0, 0.1) is 17.8 Å². The Morgan fingerprint density at radius 3 is 2.28 bits per heavy atom. The van der Waals surface area contributed by atoms with E-state index in [0.29, 0.717) is 6.04 Å². The second kappa shape index (κ2) is 7.57. The van der Waals surface area contributed by atoms with E-state index in [9.17, 15) is 9.59 Å². The lowest BCUT2D eigenvalue weighted by Crippen LogP contribution is -2.60. The normalized spacial score (nSPS) is 33.9. The molecule has 2 N–H and O–H groups in total. The first-order valence-electron chi connectivity index (χ1n) is 11.7. The first kappa shape index (κ1) is 19.3. The maximum atomic E-state index is 13.0. The summed E-state index contributed by atoms with van der Waals surface area (Å²) >= 11 is 0. The Morgan fingerprint density at radius 2 is 1.69 bits per heavy atom. The summed E-state index contributed by atoms with van der Waals surface area (Å²) < 4.78 is 0. The van der Waals surface area contributed by atoms with Crippen LogP contribution >= 0.6 is 0 Å². The van der Waals surface area contributed by atoms with Gasteiger partial charge in [-0.15, -0.1) is 0 Å². The minimum atomic E-state index is -0.248. The van der Waals surface area contributed by atoms with Crippen molar-refractivity contribution in [1.82, 2.24) is 15.2 Å². The van der Waals surface area contributed by atoms with Crippen LogP contribution in [0.25, 0.3) is 0 Å². The van der Waals surface area contributed by atoms with Crippen molar-refractivity contribution >= 4 is 5.91 Å². The summed E-state index contributed by atoms with van der Waals surface area (Å²) in [6, 6.07) is 4.26. The average molecular weight is 398 g/mol. The molecule has 5 nitrogen and oxygen atoms in total. The molecule has 4 bridgehead atoms. The summed E-state index contributed by atoms with van der Waals surface area (Å²) in [4.78, 5) is 31.0. The number of nitrogens with zero attached hydrogens (tertiary/aromatic N) is 1. The molecular weight excluding hydrogens is 362 g/mol. The number of hydrogen-bond acceptors (Lipinski definition) is 3. The van der Waals surface area contributed by atoms with Gasteiger partial charge >= 0.3 is 0 Å². The van der Waals surface area contributed by atoms with Gasteiger partial charge in [-0.2, -0.15) is 0 Å². The second-order valence-corrected chi connectivity index (χ2v) is 10.6. The lowest BCUT2D eigenvalue weighted by molar-refractivity contribution is -0.0167. The Hall–Kier alpha value is -1.62. The molecule has 29 heavy (non-hydrogen) atoms. The van der Waals surface area contributed by atoms with Crippen molar-refractivity contribution in [2.45, 2.75) is 88.8 Å². The van der Waals surface area contributed by atoms with E-state index in [1.807, 2.05) is 6.07 Å². The van der Waals surface area contributed by atoms with Gasteiger partial charge in [0.15, 0.2) is 0 Å². The topological polar surface area (TPSA) is 65.2 Å². The molecule has 1 aromatic heterocycles. The van der Waals surface area contributed by atoms with Crippen LogP contribution in [-0.4, -0.2) is 34.4 Å². The van der Waals surface area contributed by atoms with Crippen LogP contribution in [0.5, 0.6) is 0 Å². The Balaban J connectivity index is 1.25. The van der Waals surface area contributed by atoms with E-state index in [1.165, 1.54) is 51.4 Å². The molecule has 1 aromatic rings. The molecule has 5 aliphatic rings. The molecular formula is C24H35N3O2. The molecule has 0 atom stereocenters. The van der Waals surface area contributed by atoms with Gasteiger partial charge in [0.25, 0.3) is 11.5 Å². The van der Waals surface area contributed by atoms with Crippen molar-refractivity contribution in [2.24, 2.45) is 17.8 Å². The molecule has 0 aromatic carbocycles. The van der Waals surface area contributed by atoms with Crippen LogP contribution in [-0.2, 0) is 6.54 Å². The summed E-state index contributed by atoms with van der Waals surface area (Å²) in [5.41, 5.74) is 0.860. The maximum absolute atomic E-state index is 13.0. The largest absolute Gasteiger partial charge is 0.346 e. The van der Waals surface area contributed by atoms with Gasteiger partial charge in [-0.1, -0.05) is 19.3 Å². The number of hydrogen-bond donors (Lipinski definition) is 2. The van der Waals surface area contributed by atoms with Crippen molar-refractivity contribution in [1.29, 1.82) is 0 Å². The summed E-state index contributed by atoms with van der Waals surface area (Å²) in [5.74, 6) is 2.15. The summed E-state index contributed by atoms with van der Waals surface area (Å²) in [7, 11) is 2.14. The van der Waals surface area contributed by atoms with E-state index < -0.39 is 0 Å². The van der Waals surface area contributed by atoms with Gasteiger partial charge in [-0.25, -0.2) is 0 Å². The van der Waals surface area contributed by atoms with Gasteiger partial charge in [-0.05, 0) is 88.3 Å². The number of amides is 1. The van der Waals surface area contributed by atoms with Crippen LogP contribution in [0.15, 0.2) is 16.9 Å². The first-order valence-corrected chi connectivity index (χ1v) is 11.7. The van der Waals surface area contributed by atoms with Crippen LogP contribution in [0.2, 0.25) is 0 Å². The molecule has 5 heteroatoms. The summed E-state index contributed by atoms with van der Waals surface area (Å²) in [5, 5.41) is 3.32. The maximum Gasteiger partial charge on any atom is 0.261 e. The first-order chi connectivity index (χ1) is 14.0. The van der Waals surface area contributed by atoms with Gasteiger partial charge < -0.3 is 10.3 Å². The van der Waals surface area contributed by atoms with E-state index in [2.05, 4.69) is 22.2 Å². The fraction of sp³-hybridized carbons (Fsp3) is 0.750. The number of carbonyl (C=O) groups is 1. The molecule has 0 unspecified atom stereocenters. The SMILES string of the molecule is CN(Cc1ccc(C(=O)NC23CC4CC(CC(C4)C2)C3)c(=O)[nH]1)C1CCCCC1. The average Bonchev–Trinajstić information content (AvgIpc) is 2.67. The Morgan fingerprint density at radius 1 is 1.07 bits per heavy atom. The van der Waals surface area contributed by atoms with Crippen molar-refractivity contribution < 1.29 is 4.79 Å². The van der Waals surface area contributed by atoms with Gasteiger partial charge in [0.1, 0.15) is 5.56 Å².